The summed E-state index contributed by atoms with van der Waals surface area (Å²) >= 11 is 0. The minimum atomic E-state index is 0.258. The van der Waals surface area contributed by atoms with Crippen LogP contribution in [-0.2, 0) is 12.8 Å². The largest absolute Gasteiger partial charge is 0.396 e. The Labute approximate surface area is 120 Å². The van der Waals surface area contributed by atoms with Crippen molar-refractivity contribution >= 4 is 5.69 Å². The van der Waals surface area contributed by atoms with Crippen LogP contribution in [0.5, 0.6) is 0 Å². The van der Waals surface area contributed by atoms with E-state index in [4.69, 9.17) is 5.11 Å². The first-order valence-corrected chi connectivity index (χ1v) is 7.41. The van der Waals surface area contributed by atoms with Gasteiger partial charge in [-0.05, 0) is 54.5 Å². The Morgan fingerprint density at radius 2 is 2.00 bits per heavy atom. The lowest BCUT2D eigenvalue weighted by molar-refractivity contribution is 0.288. The Hall–Kier alpha value is -1.80. The van der Waals surface area contributed by atoms with Gasteiger partial charge in [-0.15, -0.1) is 0 Å². The molecule has 0 spiro atoms. The minimum Gasteiger partial charge on any atom is -0.396 e. The summed E-state index contributed by atoms with van der Waals surface area (Å²) in [6, 6.07) is 17.7. The van der Waals surface area contributed by atoms with Crippen LogP contribution < -0.4 is 5.32 Å². The van der Waals surface area contributed by atoms with Crippen LogP contribution in [-0.4, -0.2) is 11.7 Å². The standard InChI is InChI=1S/C18H21NO/c20-12-4-6-14-5-3-8-16(13-14)19-18-11-10-15-7-1-2-9-17(15)18/h1-3,5,7-9,13,18-20H,4,6,10-12H2. The van der Waals surface area contributed by atoms with Gasteiger partial charge in [-0.1, -0.05) is 36.4 Å². The third kappa shape index (κ3) is 2.86. The molecule has 2 nitrogen and oxygen atoms in total. The van der Waals surface area contributed by atoms with Crippen LogP contribution >= 0.6 is 0 Å². The maximum atomic E-state index is 8.92. The van der Waals surface area contributed by atoms with Gasteiger partial charge in [-0.25, -0.2) is 0 Å². The monoisotopic (exact) mass is 267 g/mol. The van der Waals surface area contributed by atoms with Gasteiger partial charge in [-0.3, -0.25) is 0 Å². The number of aliphatic hydroxyl groups is 1. The zero-order chi connectivity index (χ0) is 13.8. The summed E-state index contributed by atoms with van der Waals surface area (Å²) < 4.78 is 0. The first kappa shape index (κ1) is 13.2. The molecular formula is C18H21NO. The second-order valence-electron chi connectivity index (χ2n) is 5.46. The van der Waals surface area contributed by atoms with E-state index >= 15 is 0 Å². The van der Waals surface area contributed by atoms with Gasteiger partial charge in [0.05, 0.1) is 6.04 Å². The normalized spacial score (nSPS) is 16.9. The zero-order valence-electron chi connectivity index (χ0n) is 11.7. The van der Waals surface area contributed by atoms with E-state index in [0.29, 0.717) is 6.04 Å². The molecule has 0 radical (unpaired) electrons. The third-order valence-corrected chi connectivity index (χ3v) is 4.02. The van der Waals surface area contributed by atoms with E-state index in [2.05, 4.69) is 53.8 Å². The van der Waals surface area contributed by atoms with Gasteiger partial charge in [0.25, 0.3) is 0 Å². The fraction of sp³-hybridized carbons (Fsp3) is 0.333. The Kier molecular flexibility index (Phi) is 4.03. The van der Waals surface area contributed by atoms with Crippen molar-refractivity contribution in [3.05, 3.63) is 65.2 Å². The van der Waals surface area contributed by atoms with E-state index in [1.807, 2.05) is 0 Å². The van der Waals surface area contributed by atoms with Crippen LogP contribution in [0.15, 0.2) is 48.5 Å². The lowest BCUT2D eigenvalue weighted by Gasteiger charge is -2.16. The molecule has 2 aromatic rings. The summed E-state index contributed by atoms with van der Waals surface area (Å²) in [5.74, 6) is 0. The third-order valence-electron chi connectivity index (χ3n) is 4.02. The molecule has 0 amide bonds. The molecule has 20 heavy (non-hydrogen) atoms. The summed E-state index contributed by atoms with van der Waals surface area (Å²) in [5.41, 5.74) is 5.38. The summed E-state index contributed by atoms with van der Waals surface area (Å²) in [6.07, 6.45) is 4.10. The van der Waals surface area contributed by atoms with Crippen molar-refractivity contribution in [1.29, 1.82) is 0 Å². The van der Waals surface area contributed by atoms with Crippen molar-refractivity contribution in [2.75, 3.05) is 11.9 Å². The molecule has 2 heteroatoms. The fourth-order valence-electron chi connectivity index (χ4n) is 3.01. The highest BCUT2D eigenvalue weighted by molar-refractivity contribution is 5.50. The van der Waals surface area contributed by atoms with Crippen LogP contribution in [0.2, 0.25) is 0 Å². The lowest BCUT2D eigenvalue weighted by Crippen LogP contribution is -2.07. The van der Waals surface area contributed by atoms with Gasteiger partial charge in [0, 0.05) is 12.3 Å². The molecule has 0 saturated carbocycles. The average molecular weight is 267 g/mol. The van der Waals surface area contributed by atoms with Crippen molar-refractivity contribution in [2.45, 2.75) is 31.7 Å². The maximum Gasteiger partial charge on any atom is 0.0519 e. The Morgan fingerprint density at radius 3 is 2.90 bits per heavy atom. The van der Waals surface area contributed by atoms with E-state index in [0.717, 1.165) is 19.3 Å². The Bertz CT molecular complexity index is 579. The van der Waals surface area contributed by atoms with Crippen LogP contribution in [0, 0.1) is 0 Å². The molecule has 2 aromatic carbocycles. The van der Waals surface area contributed by atoms with Crippen molar-refractivity contribution in [1.82, 2.24) is 0 Å². The Balaban J connectivity index is 1.72. The van der Waals surface area contributed by atoms with Crippen LogP contribution in [0.4, 0.5) is 5.69 Å². The SMILES string of the molecule is OCCCc1cccc(NC2CCc3ccccc32)c1. The number of hydrogen-bond acceptors (Lipinski definition) is 2. The molecule has 0 heterocycles. The summed E-state index contributed by atoms with van der Waals surface area (Å²) in [5, 5.41) is 12.6. The van der Waals surface area contributed by atoms with E-state index in [9.17, 15) is 0 Å². The highest BCUT2D eigenvalue weighted by Gasteiger charge is 2.21. The highest BCUT2D eigenvalue weighted by Crippen LogP contribution is 2.33. The van der Waals surface area contributed by atoms with Gasteiger partial charge >= 0.3 is 0 Å². The van der Waals surface area contributed by atoms with Gasteiger partial charge in [0.15, 0.2) is 0 Å². The highest BCUT2D eigenvalue weighted by atomic mass is 16.2. The second-order valence-corrected chi connectivity index (χ2v) is 5.46. The predicted molar refractivity (Wildman–Crippen MR) is 83.0 cm³/mol. The molecule has 0 fully saturated rings. The number of aliphatic hydroxyl groups excluding tert-OH is 1. The number of benzene rings is 2. The molecule has 2 N–H and O–H groups in total. The number of rotatable bonds is 5. The molecule has 0 bridgehead atoms. The second kappa shape index (κ2) is 6.10. The number of fused-ring (bicyclic) bond motifs is 1. The van der Waals surface area contributed by atoms with Crippen molar-refractivity contribution < 1.29 is 5.11 Å². The van der Waals surface area contributed by atoms with Gasteiger partial charge in [-0.2, -0.15) is 0 Å². The molecule has 1 aliphatic rings. The van der Waals surface area contributed by atoms with E-state index in [1.54, 1.807) is 0 Å². The molecule has 0 saturated heterocycles. The van der Waals surface area contributed by atoms with Crippen LogP contribution in [0.3, 0.4) is 0 Å². The van der Waals surface area contributed by atoms with Crippen LogP contribution in [0.25, 0.3) is 0 Å². The molecule has 0 aliphatic heterocycles. The predicted octanol–water partition coefficient (Wildman–Crippen LogP) is 3.71. The van der Waals surface area contributed by atoms with Crippen LogP contribution in [0.1, 0.15) is 35.6 Å². The van der Waals surface area contributed by atoms with E-state index in [-0.39, 0.29) is 6.61 Å². The maximum absolute atomic E-state index is 8.92. The quantitative estimate of drug-likeness (QED) is 0.865. The first-order valence-electron chi connectivity index (χ1n) is 7.41. The molecule has 0 aromatic heterocycles. The lowest BCUT2D eigenvalue weighted by atomic mass is 10.1. The van der Waals surface area contributed by atoms with Crippen molar-refractivity contribution in [3.63, 3.8) is 0 Å². The zero-order valence-corrected chi connectivity index (χ0v) is 11.7. The summed E-state index contributed by atoms with van der Waals surface area (Å²) in [6.45, 7) is 0.258. The molecule has 1 atom stereocenters. The van der Waals surface area contributed by atoms with Gasteiger partial charge in [0.1, 0.15) is 0 Å². The topological polar surface area (TPSA) is 32.3 Å². The van der Waals surface area contributed by atoms with E-state index < -0.39 is 0 Å². The molecule has 1 aliphatic carbocycles. The summed E-state index contributed by atoms with van der Waals surface area (Å²) in [4.78, 5) is 0. The van der Waals surface area contributed by atoms with E-state index in [1.165, 1.54) is 28.8 Å². The average Bonchev–Trinajstić information content (AvgIpc) is 2.89. The van der Waals surface area contributed by atoms with Gasteiger partial charge < -0.3 is 10.4 Å². The first-order chi connectivity index (χ1) is 9.86. The molecule has 3 rings (SSSR count). The van der Waals surface area contributed by atoms with Crippen molar-refractivity contribution in [2.24, 2.45) is 0 Å². The summed E-state index contributed by atoms with van der Waals surface area (Å²) in [7, 11) is 0. The molecule has 1 unspecified atom stereocenters. The number of hydrogen-bond donors (Lipinski definition) is 2. The molecular weight excluding hydrogens is 246 g/mol. The molecule has 104 valence electrons. The van der Waals surface area contributed by atoms with Gasteiger partial charge in [0.2, 0.25) is 0 Å². The number of anilines is 1. The number of nitrogens with one attached hydrogen (secondary N) is 1. The smallest absolute Gasteiger partial charge is 0.0519 e. The fourth-order valence-corrected chi connectivity index (χ4v) is 3.01. The number of aryl methyl sites for hydroxylation is 2. The Morgan fingerprint density at radius 1 is 1.10 bits per heavy atom. The minimum absolute atomic E-state index is 0.258. The van der Waals surface area contributed by atoms with Crippen molar-refractivity contribution in [3.8, 4) is 0 Å².